The van der Waals surface area contributed by atoms with E-state index in [2.05, 4.69) is 4.90 Å². The van der Waals surface area contributed by atoms with Gasteiger partial charge in [-0.3, -0.25) is 4.79 Å². The summed E-state index contributed by atoms with van der Waals surface area (Å²) >= 11 is 0. The highest BCUT2D eigenvalue weighted by atomic mass is 16.5. The predicted molar refractivity (Wildman–Crippen MR) is 102 cm³/mol. The second-order valence-electron chi connectivity index (χ2n) is 6.00. The molecule has 1 fully saturated rings. The molecule has 2 aromatic rings. The molecule has 0 bridgehead atoms. The number of carbonyl (C=O) groups is 1. The summed E-state index contributed by atoms with van der Waals surface area (Å²) in [6.45, 7) is 5.53. The lowest BCUT2D eigenvalue weighted by molar-refractivity contribution is 0.104. The lowest BCUT2D eigenvalue weighted by Gasteiger charge is -2.28. The maximum absolute atomic E-state index is 12.4. The predicted octanol–water partition coefficient (Wildman–Crippen LogP) is 3.52. The minimum Gasteiger partial charge on any atom is -0.504 e. The first-order chi connectivity index (χ1) is 12.7. The summed E-state index contributed by atoms with van der Waals surface area (Å²) in [5.41, 5.74) is 2.54. The minimum atomic E-state index is -0.0652. The molecule has 2 aromatic carbocycles. The Balaban J connectivity index is 1.67. The molecule has 5 heteroatoms. The van der Waals surface area contributed by atoms with Crippen LogP contribution >= 0.6 is 0 Å². The Labute approximate surface area is 153 Å². The fourth-order valence-corrected chi connectivity index (χ4v) is 2.83. The van der Waals surface area contributed by atoms with Gasteiger partial charge in [0.15, 0.2) is 17.3 Å². The summed E-state index contributed by atoms with van der Waals surface area (Å²) < 4.78 is 10.7. The van der Waals surface area contributed by atoms with Gasteiger partial charge in [0.25, 0.3) is 0 Å². The average molecular weight is 353 g/mol. The second kappa shape index (κ2) is 8.54. The quantitative estimate of drug-likeness (QED) is 0.636. The van der Waals surface area contributed by atoms with Crippen molar-refractivity contribution < 1.29 is 19.4 Å². The van der Waals surface area contributed by atoms with Gasteiger partial charge in [0, 0.05) is 24.3 Å². The Hall–Kier alpha value is -2.79. The second-order valence-corrected chi connectivity index (χ2v) is 6.00. The van der Waals surface area contributed by atoms with E-state index in [1.807, 2.05) is 31.2 Å². The molecule has 0 unspecified atom stereocenters. The number of phenolic OH excluding ortho intramolecular Hbond substituents is 1. The molecule has 0 amide bonds. The van der Waals surface area contributed by atoms with E-state index in [4.69, 9.17) is 9.47 Å². The van der Waals surface area contributed by atoms with E-state index in [9.17, 15) is 9.90 Å². The van der Waals surface area contributed by atoms with Crippen molar-refractivity contribution in [3.8, 4) is 11.5 Å². The number of hydrogen-bond donors (Lipinski definition) is 1. The van der Waals surface area contributed by atoms with E-state index in [1.54, 1.807) is 24.3 Å². The number of phenols is 1. The maximum Gasteiger partial charge on any atom is 0.185 e. The Kier molecular flexibility index (Phi) is 5.92. The van der Waals surface area contributed by atoms with Crippen molar-refractivity contribution in [3.05, 3.63) is 59.7 Å². The molecule has 1 heterocycles. The molecule has 1 aliphatic heterocycles. The monoisotopic (exact) mass is 353 g/mol. The fourth-order valence-electron chi connectivity index (χ4n) is 2.83. The molecule has 1 saturated heterocycles. The molecule has 0 spiro atoms. The van der Waals surface area contributed by atoms with Crippen LogP contribution in [0, 0.1) is 0 Å². The Morgan fingerprint density at radius 2 is 1.92 bits per heavy atom. The molecule has 5 nitrogen and oxygen atoms in total. The van der Waals surface area contributed by atoms with Crippen LogP contribution in [0.2, 0.25) is 0 Å². The van der Waals surface area contributed by atoms with Gasteiger partial charge in [-0.05, 0) is 55.0 Å². The van der Waals surface area contributed by atoms with Crippen molar-refractivity contribution >= 4 is 17.5 Å². The van der Waals surface area contributed by atoms with Crippen molar-refractivity contribution in [2.45, 2.75) is 6.92 Å². The zero-order valence-corrected chi connectivity index (χ0v) is 14.9. The average Bonchev–Trinajstić information content (AvgIpc) is 2.69. The number of nitrogens with zero attached hydrogens (tertiary/aromatic N) is 1. The van der Waals surface area contributed by atoms with E-state index in [0.717, 1.165) is 37.6 Å². The van der Waals surface area contributed by atoms with Crippen molar-refractivity contribution in [1.82, 2.24) is 0 Å². The standard InChI is InChI=1S/C21H23NO4/c1-2-26-21-15-16(4-10-20(21)24)3-9-19(23)17-5-7-18(8-6-17)22-11-13-25-14-12-22/h3-10,15,24H,2,11-14H2,1H3/b9-3-. The lowest BCUT2D eigenvalue weighted by Crippen LogP contribution is -2.36. The van der Waals surface area contributed by atoms with Crippen molar-refractivity contribution in [2.75, 3.05) is 37.8 Å². The molecule has 0 aliphatic carbocycles. The van der Waals surface area contributed by atoms with E-state index < -0.39 is 0 Å². The summed E-state index contributed by atoms with van der Waals surface area (Å²) in [6, 6.07) is 12.7. The molecule has 1 aliphatic rings. The number of ether oxygens (including phenoxy) is 2. The third-order valence-electron chi connectivity index (χ3n) is 4.24. The van der Waals surface area contributed by atoms with Crippen LogP contribution in [0.25, 0.3) is 6.08 Å². The van der Waals surface area contributed by atoms with Gasteiger partial charge >= 0.3 is 0 Å². The first-order valence-corrected chi connectivity index (χ1v) is 8.78. The van der Waals surface area contributed by atoms with Gasteiger partial charge in [-0.15, -0.1) is 0 Å². The summed E-state index contributed by atoms with van der Waals surface area (Å²) in [7, 11) is 0. The minimum absolute atomic E-state index is 0.0652. The van der Waals surface area contributed by atoms with Crippen LogP contribution in [0.4, 0.5) is 5.69 Å². The third kappa shape index (κ3) is 4.43. The number of rotatable bonds is 6. The van der Waals surface area contributed by atoms with E-state index in [0.29, 0.717) is 17.9 Å². The smallest absolute Gasteiger partial charge is 0.185 e. The topological polar surface area (TPSA) is 59.0 Å². The molecule has 0 saturated carbocycles. The number of aromatic hydroxyl groups is 1. The Morgan fingerprint density at radius 3 is 2.62 bits per heavy atom. The summed E-state index contributed by atoms with van der Waals surface area (Å²) in [5, 5.41) is 9.73. The van der Waals surface area contributed by atoms with Crippen molar-refractivity contribution in [1.29, 1.82) is 0 Å². The van der Waals surface area contributed by atoms with Crippen LogP contribution in [0.3, 0.4) is 0 Å². The molecule has 136 valence electrons. The molecule has 3 rings (SSSR count). The molecule has 26 heavy (non-hydrogen) atoms. The number of benzene rings is 2. The number of allylic oxidation sites excluding steroid dienone is 1. The SMILES string of the molecule is CCOc1cc(/C=C\C(=O)c2ccc(N3CCOCC3)cc2)ccc1O. The summed E-state index contributed by atoms with van der Waals surface area (Å²) in [6.07, 6.45) is 3.26. The maximum atomic E-state index is 12.4. The first-order valence-electron chi connectivity index (χ1n) is 8.78. The van der Waals surface area contributed by atoms with Gasteiger partial charge in [-0.25, -0.2) is 0 Å². The Bertz CT molecular complexity index is 777. The summed E-state index contributed by atoms with van der Waals surface area (Å²) in [5.74, 6) is 0.440. The van der Waals surface area contributed by atoms with Crippen molar-refractivity contribution in [2.24, 2.45) is 0 Å². The fraction of sp³-hybridized carbons (Fsp3) is 0.286. The number of ketones is 1. The molecular formula is C21H23NO4. The van der Waals surface area contributed by atoms with Crippen LogP contribution in [0.15, 0.2) is 48.5 Å². The van der Waals surface area contributed by atoms with E-state index >= 15 is 0 Å². The van der Waals surface area contributed by atoms with E-state index in [-0.39, 0.29) is 11.5 Å². The number of carbonyl (C=O) groups excluding carboxylic acids is 1. The molecule has 0 radical (unpaired) electrons. The van der Waals surface area contributed by atoms with Crippen LogP contribution < -0.4 is 9.64 Å². The molecular weight excluding hydrogens is 330 g/mol. The largest absolute Gasteiger partial charge is 0.504 e. The van der Waals surface area contributed by atoms with Gasteiger partial charge in [-0.2, -0.15) is 0 Å². The highest BCUT2D eigenvalue weighted by Crippen LogP contribution is 2.27. The van der Waals surface area contributed by atoms with Crippen LogP contribution in [0.5, 0.6) is 11.5 Å². The van der Waals surface area contributed by atoms with Crippen molar-refractivity contribution in [3.63, 3.8) is 0 Å². The van der Waals surface area contributed by atoms with Gasteiger partial charge in [0.2, 0.25) is 0 Å². The molecule has 1 N–H and O–H groups in total. The number of anilines is 1. The molecule has 0 aromatic heterocycles. The van der Waals surface area contributed by atoms with Crippen LogP contribution in [0.1, 0.15) is 22.8 Å². The number of hydrogen-bond acceptors (Lipinski definition) is 5. The highest BCUT2D eigenvalue weighted by molar-refractivity contribution is 6.07. The van der Waals surface area contributed by atoms with Gasteiger partial charge < -0.3 is 19.5 Å². The lowest BCUT2D eigenvalue weighted by atomic mass is 10.1. The number of morpholine rings is 1. The Morgan fingerprint density at radius 1 is 1.19 bits per heavy atom. The van der Waals surface area contributed by atoms with Gasteiger partial charge in [-0.1, -0.05) is 12.1 Å². The molecule has 0 atom stereocenters. The normalized spacial score (nSPS) is 14.6. The van der Waals surface area contributed by atoms with Crippen LogP contribution in [-0.2, 0) is 4.74 Å². The van der Waals surface area contributed by atoms with Crippen LogP contribution in [-0.4, -0.2) is 43.8 Å². The zero-order valence-electron chi connectivity index (χ0n) is 14.9. The first kappa shape index (κ1) is 18.0. The van der Waals surface area contributed by atoms with Gasteiger partial charge in [0.1, 0.15) is 0 Å². The highest BCUT2D eigenvalue weighted by Gasteiger charge is 2.11. The summed E-state index contributed by atoms with van der Waals surface area (Å²) in [4.78, 5) is 14.6. The third-order valence-corrected chi connectivity index (χ3v) is 4.24. The van der Waals surface area contributed by atoms with E-state index in [1.165, 1.54) is 6.08 Å². The van der Waals surface area contributed by atoms with Gasteiger partial charge in [0.05, 0.1) is 19.8 Å². The zero-order chi connectivity index (χ0) is 18.4.